The number of ether oxygens (including phenoxy) is 2. The van der Waals surface area contributed by atoms with Gasteiger partial charge in [-0.3, -0.25) is 4.79 Å². The van der Waals surface area contributed by atoms with Crippen molar-refractivity contribution in [1.29, 1.82) is 0 Å². The molecule has 1 heterocycles. The molecule has 4 heteroatoms. The molecule has 23 heavy (non-hydrogen) atoms. The zero-order valence-corrected chi connectivity index (χ0v) is 14.0. The fourth-order valence-corrected chi connectivity index (χ4v) is 3.45. The molecule has 1 fully saturated rings. The van der Waals surface area contributed by atoms with Gasteiger partial charge in [-0.25, -0.2) is 0 Å². The quantitative estimate of drug-likeness (QED) is 0.742. The van der Waals surface area contributed by atoms with Crippen LogP contribution < -0.4 is 15.2 Å². The molecule has 3 rings (SSSR count). The average molecular weight is 315 g/mol. The van der Waals surface area contributed by atoms with Gasteiger partial charge in [0, 0.05) is 13.1 Å². The number of rotatable bonds is 6. The summed E-state index contributed by atoms with van der Waals surface area (Å²) in [7, 11) is 1.70. The number of piperidine rings is 1. The molecule has 1 atom stereocenters. The highest BCUT2D eigenvalue weighted by molar-refractivity contribution is 5.82. The molecular formula is C19H25NO3. The van der Waals surface area contributed by atoms with E-state index in [1.807, 2.05) is 13.0 Å². The van der Waals surface area contributed by atoms with Crippen LogP contribution >= 0.6 is 0 Å². The Kier molecular flexibility index (Phi) is 5.01. The monoisotopic (exact) mass is 315 g/mol. The standard InChI is InChI=1S/C19H25NO3/c1-3-23-19(21)16-5-4-9-20(13-16)10-8-15-11-14-6-7-17(22-2)12-18(14)15/h6-7,11-12,16H,3-5,8-10,13H2,1-2H3. The maximum absolute atomic E-state index is 11.9. The Morgan fingerprint density at radius 2 is 2.26 bits per heavy atom. The van der Waals surface area contributed by atoms with Crippen molar-refractivity contribution in [2.75, 3.05) is 33.4 Å². The van der Waals surface area contributed by atoms with E-state index in [0.29, 0.717) is 6.61 Å². The highest BCUT2D eigenvalue weighted by atomic mass is 16.5. The normalized spacial score (nSPS) is 20.3. The summed E-state index contributed by atoms with van der Waals surface area (Å²) >= 11 is 0. The van der Waals surface area contributed by atoms with Gasteiger partial charge in [0.1, 0.15) is 5.75 Å². The molecule has 1 aromatic rings. The zero-order valence-electron chi connectivity index (χ0n) is 14.0. The maximum atomic E-state index is 11.9. The number of methoxy groups -OCH3 is 1. The Morgan fingerprint density at radius 1 is 1.39 bits per heavy atom. The van der Waals surface area contributed by atoms with Gasteiger partial charge in [-0.15, -0.1) is 0 Å². The van der Waals surface area contributed by atoms with Gasteiger partial charge in [0.2, 0.25) is 0 Å². The van der Waals surface area contributed by atoms with Crippen molar-refractivity contribution < 1.29 is 14.3 Å². The zero-order chi connectivity index (χ0) is 16.2. The first kappa shape index (κ1) is 16.1. The number of esters is 1. The average Bonchev–Trinajstić information content (AvgIpc) is 2.56. The van der Waals surface area contributed by atoms with E-state index in [0.717, 1.165) is 44.6 Å². The third-order valence-electron chi connectivity index (χ3n) is 4.76. The van der Waals surface area contributed by atoms with Gasteiger partial charge in [0.05, 0.1) is 19.6 Å². The minimum atomic E-state index is -0.0323. The fourth-order valence-electron chi connectivity index (χ4n) is 3.45. The van der Waals surface area contributed by atoms with Crippen LogP contribution in [-0.4, -0.2) is 44.2 Å². The first-order valence-electron chi connectivity index (χ1n) is 8.49. The second-order valence-electron chi connectivity index (χ2n) is 6.26. The van der Waals surface area contributed by atoms with E-state index < -0.39 is 0 Å². The van der Waals surface area contributed by atoms with Crippen LogP contribution in [0.5, 0.6) is 5.75 Å². The van der Waals surface area contributed by atoms with Crippen LogP contribution in [0.25, 0.3) is 11.6 Å². The first-order valence-corrected chi connectivity index (χ1v) is 8.49. The largest absolute Gasteiger partial charge is 0.497 e. The number of nitrogens with zero attached hydrogens (tertiary/aromatic N) is 1. The molecule has 0 N–H and O–H groups in total. The van der Waals surface area contributed by atoms with Crippen LogP contribution in [0.1, 0.15) is 26.2 Å². The number of carbonyl (C=O) groups is 1. The lowest BCUT2D eigenvalue weighted by Gasteiger charge is -2.31. The molecule has 1 unspecified atom stereocenters. The molecule has 4 nitrogen and oxygen atoms in total. The molecule has 0 radical (unpaired) electrons. The number of carbonyl (C=O) groups excluding carboxylic acids is 1. The van der Waals surface area contributed by atoms with E-state index in [9.17, 15) is 4.79 Å². The molecule has 0 spiro atoms. The van der Waals surface area contributed by atoms with Crippen molar-refractivity contribution >= 4 is 17.6 Å². The molecule has 1 saturated heterocycles. The van der Waals surface area contributed by atoms with Crippen LogP contribution in [0.3, 0.4) is 0 Å². The number of hydrogen-bond donors (Lipinski definition) is 0. The Morgan fingerprint density at radius 3 is 3.04 bits per heavy atom. The van der Waals surface area contributed by atoms with Crippen molar-refractivity contribution in [3.8, 4) is 5.75 Å². The van der Waals surface area contributed by atoms with Crippen molar-refractivity contribution in [3.63, 3.8) is 0 Å². The van der Waals surface area contributed by atoms with Crippen LogP contribution in [0, 0.1) is 5.92 Å². The molecule has 124 valence electrons. The topological polar surface area (TPSA) is 38.8 Å². The predicted molar refractivity (Wildman–Crippen MR) is 90.5 cm³/mol. The van der Waals surface area contributed by atoms with Gasteiger partial charge in [0.15, 0.2) is 0 Å². The molecule has 1 aliphatic heterocycles. The fraction of sp³-hybridized carbons (Fsp3) is 0.526. The first-order chi connectivity index (χ1) is 11.2. The van der Waals surface area contributed by atoms with E-state index in [-0.39, 0.29) is 11.9 Å². The molecular weight excluding hydrogens is 290 g/mol. The second kappa shape index (κ2) is 7.18. The molecule has 0 bridgehead atoms. The summed E-state index contributed by atoms with van der Waals surface area (Å²) in [6.07, 6.45) is 5.31. The highest BCUT2D eigenvalue weighted by Crippen LogP contribution is 2.19. The molecule has 2 aliphatic rings. The second-order valence-corrected chi connectivity index (χ2v) is 6.26. The summed E-state index contributed by atoms with van der Waals surface area (Å²) in [5.41, 5.74) is 1.39. The summed E-state index contributed by atoms with van der Waals surface area (Å²) in [5.74, 6) is 0.927. The molecule has 0 saturated carbocycles. The van der Waals surface area contributed by atoms with Gasteiger partial charge in [-0.1, -0.05) is 12.1 Å². The van der Waals surface area contributed by atoms with Crippen LogP contribution in [0.15, 0.2) is 18.2 Å². The summed E-state index contributed by atoms with van der Waals surface area (Å²) in [6.45, 7) is 5.25. The minimum Gasteiger partial charge on any atom is -0.497 e. The highest BCUT2D eigenvalue weighted by Gasteiger charge is 2.26. The maximum Gasteiger partial charge on any atom is 0.310 e. The summed E-state index contributed by atoms with van der Waals surface area (Å²) < 4.78 is 10.5. The third-order valence-corrected chi connectivity index (χ3v) is 4.76. The van der Waals surface area contributed by atoms with Crippen LogP contribution in [-0.2, 0) is 9.53 Å². The number of likely N-dealkylation sites (tertiary alicyclic amines) is 1. The van der Waals surface area contributed by atoms with Crippen molar-refractivity contribution in [1.82, 2.24) is 4.90 Å². The van der Waals surface area contributed by atoms with Gasteiger partial charge in [-0.05, 0) is 60.9 Å². The van der Waals surface area contributed by atoms with Crippen LogP contribution in [0.4, 0.5) is 0 Å². The lowest BCUT2D eigenvalue weighted by atomic mass is 9.95. The summed E-state index contributed by atoms with van der Waals surface area (Å²) in [5, 5.41) is 2.60. The van der Waals surface area contributed by atoms with Gasteiger partial charge < -0.3 is 14.4 Å². The van der Waals surface area contributed by atoms with E-state index in [1.54, 1.807) is 7.11 Å². The van der Waals surface area contributed by atoms with E-state index in [1.165, 1.54) is 16.0 Å². The van der Waals surface area contributed by atoms with Crippen LogP contribution in [0.2, 0.25) is 0 Å². The van der Waals surface area contributed by atoms with E-state index in [4.69, 9.17) is 9.47 Å². The molecule has 1 aromatic carbocycles. The van der Waals surface area contributed by atoms with Gasteiger partial charge in [-0.2, -0.15) is 0 Å². The smallest absolute Gasteiger partial charge is 0.310 e. The number of benzene rings is 1. The minimum absolute atomic E-state index is 0.0323. The molecule has 0 aromatic heterocycles. The van der Waals surface area contributed by atoms with E-state index >= 15 is 0 Å². The molecule has 1 aliphatic carbocycles. The van der Waals surface area contributed by atoms with E-state index in [2.05, 4.69) is 23.1 Å². The Balaban J connectivity index is 1.58. The summed E-state index contributed by atoms with van der Waals surface area (Å²) in [4.78, 5) is 14.3. The predicted octanol–water partition coefficient (Wildman–Crippen LogP) is 1.31. The number of hydrogen-bond acceptors (Lipinski definition) is 4. The van der Waals surface area contributed by atoms with Gasteiger partial charge >= 0.3 is 5.97 Å². The number of fused-ring (bicyclic) bond motifs is 1. The van der Waals surface area contributed by atoms with Gasteiger partial charge in [0.25, 0.3) is 0 Å². The Labute approximate surface area is 137 Å². The van der Waals surface area contributed by atoms with Crippen molar-refractivity contribution in [2.45, 2.75) is 26.2 Å². The third kappa shape index (κ3) is 3.58. The Bertz CT molecular complexity index is 695. The SMILES string of the molecule is CCOC(=O)C1CCCN(CCC2=c3cc(OC)ccc3=C2)C1. The van der Waals surface area contributed by atoms with Crippen molar-refractivity contribution in [3.05, 3.63) is 28.6 Å². The molecule has 0 amide bonds. The lowest BCUT2D eigenvalue weighted by molar-refractivity contribution is -0.149. The van der Waals surface area contributed by atoms with Crippen molar-refractivity contribution in [2.24, 2.45) is 5.92 Å². The lowest BCUT2D eigenvalue weighted by Crippen LogP contribution is -2.41. The summed E-state index contributed by atoms with van der Waals surface area (Å²) in [6, 6.07) is 6.22. The Hall–Kier alpha value is -1.81.